The third kappa shape index (κ3) is 5.58. The Morgan fingerprint density at radius 3 is 2.87 bits per heavy atom. The molecule has 0 aliphatic carbocycles. The Kier molecular flexibility index (Phi) is 6.35. The molecule has 0 fully saturated rings. The quantitative estimate of drug-likeness (QED) is 0.488. The van der Waals surface area contributed by atoms with Crippen LogP contribution in [-0.4, -0.2) is 31.1 Å². The lowest BCUT2D eigenvalue weighted by Gasteiger charge is -2.12. The zero-order chi connectivity index (χ0) is 16.5. The van der Waals surface area contributed by atoms with Gasteiger partial charge in [0.2, 0.25) is 0 Å². The fourth-order valence-electron chi connectivity index (χ4n) is 1.92. The highest BCUT2D eigenvalue weighted by Crippen LogP contribution is 2.08. The van der Waals surface area contributed by atoms with E-state index in [0.29, 0.717) is 31.2 Å². The minimum absolute atomic E-state index is 0.197. The van der Waals surface area contributed by atoms with E-state index in [1.54, 1.807) is 32.4 Å². The first kappa shape index (κ1) is 16.7. The molecule has 0 atom stereocenters. The maximum absolute atomic E-state index is 13.5. The maximum Gasteiger partial charge on any atom is 0.191 e. The number of aromatic nitrogens is 1. The first-order chi connectivity index (χ1) is 11.2. The summed E-state index contributed by atoms with van der Waals surface area (Å²) in [4.78, 5) is 8.10. The average molecular weight is 316 g/mol. The topological polar surface area (TPSA) is 58.5 Å². The van der Waals surface area contributed by atoms with E-state index in [4.69, 9.17) is 4.74 Å². The molecule has 0 aliphatic heterocycles. The van der Waals surface area contributed by atoms with Crippen molar-refractivity contribution in [2.45, 2.75) is 13.5 Å². The monoisotopic (exact) mass is 316 g/mol. The van der Waals surface area contributed by atoms with Crippen molar-refractivity contribution in [3.8, 4) is 5.75 Å². The normalized spacial score (nSPS) is 11.2. The fourth-order valence-corrected chi connectivity index (χ4v) is 1.92. The summed E-state index contributed by atoms with van der Waals surface area (Å²) in [5.74, 6) is 1.17. The van der Waals surface area contributed by atoms with Gasteiger partial charge < -0.3 is 15.4 Å². The molecular formula is C17H21FN4O. The average Bonchev–Trinajstić information content (AvgIpc) is 2.58. The molecule has 0 radical (unpaired) electrons. The Bertz CT molecular complexity index is 646. The number of ether oxygens (including phenoxy) is 1. The third-order valence-electron chi connectivity index (χ3n) is 3.22. The molecule has 0 unspecified atom stereocenters. The number of aliphatic imine (C=N–C) groups is 1. The van der Waals surface area contributed by atoms with E-state index in [0.717, 1.165) is 11.3 Å². The molecule has 2 rings (SSSR count). The highest BCUT2D eigenvalue weighted by molar-refractivity contribution is 5.79. The van der Waals surface area contributed by atoms with Crippen LogP contribution in [0.15, 0.2) is 47.7 Å². The molecule has 0 bridgehead atoms. The van der Waals surface area contributed by atoms with Gasteiger partial charge in [-0.25, -0.2) is 4.39 Å². The Balaban J connectivity index is 1.72. The summed E-state index contributed by atoms with van der Waals surface area (Å²) in [6, 6.07) is 8.87. The number of guanidine groups is 1. The van der Waals surface area contributed by atoms with Gasteiger partial charge in [-0.1, -0.05) is 12.1 Å². The summed E-state index contributed by atoms with van der Waals surface area (Å²) >= 11 is 0. The van der Waals surface area contributed by atoms with Crippen molar-refractivity contribution >= 4 is 5.96 Å². The van der Waals surface area contributed by atoms with Crippen molar-refractivity contribution in [2.24, 2.45) is 4.99 Å². The lowest BCUT2D eigenvalue weighted by Crippen LogP contribution is -2.38. The molecule has 0 amide bonds. The summed E-state index contributed by atoms with van der Waals surface area (Å²) in [6.45, 7) is 3.33. The van der Waals surface area contributed by atoms with Crippen LogP contribution < -0.4 is 15.4 Å². The molecule has 1 aromatic heterocycles. The maximum atomic E-state index is 13.5. The molecule has 0 aliphatic rings. The van der Waals surface area contributed by atoms with Gasteiger partial charge in [-0.3, -0.25) is 9.98 Å². The van der Waals surface area contributed by atoms with Crippen LogP contribution in [0.25, 0.3) is 0 Å². The highest BCUT2D eigenvalue weighted by Gasteiger charge is 2.01. The molecule has 0 saturated heterocycles. The molecule has 0 saturated carbocycles. The van der Waals surface area contributed by atoms with Crippen LogP contribution in [0.1, 0.15) is 11.1 Å². The van der Waals surface area contributed by atoms with Crippen LogP contribution in [0.5, 0.6) is 5.75 Å². The number of benzene rings is 1. The lowest BCUT2D eigenvalue weighted by molar-refractivity contribution is 0.320. The second-order valence-corrected chi connectivity index (χ2v) is 4.97. The number of rotatable bonds is 6. The lowest BCUT2D eigenvalue weighted by atomic mass is 10.1. The van der Waals surface area contributed by atoms with Crippen molar-refractivity contribution < 1.29 is 9.13 Å². The molecular weight excluding hydrogens is 295 g/mol. The van der Waals surface area contributed by atoms with Gasteiger partial charge >= 0.3 is 0 Å². The molecule has 6 heteroatoms. The highest BCUT2D eigenvalue weighted by atomic mass is 19.1. The van der Waals surface area contributed by atoms with Crippen LogP contribution in [0.2, 0.25) is 0 Å². The Morgan fingerprint density at radius 1 is 1.30 bits per heavy atom. The minimum atomic E-state index is -0.197. The van der Waals surface area contributed by atoms with Crippen molar-refractivity contribution in [1.82, 2.24) is 15.6 Å². The van der Waals surface area contributed by atoms with Crippen LogP contribution in [0, 0.1) is 12.7 Å². The Hall–Kier alpha value is -2.63. The van der Waals surface area contributed by atoms with Crippen LogP contribution in [-0.2, 0) is 6.54 Å². The number of halogens is 1. The van der Waals surface area contributed by atoms with Crippen molar-refractivity contribution in [2.75, 3.05) is 20.2 Å². The molecule has 5 nitrogen and oxygen atoms in total. The summed E-state index contributed by atoms with van der Waals surface area (Å²) in [5, 5.41) is 6.27. The van der Waals surface area contributed by atoms with E-state index < -0.39 is 0 Å². The van der Waals surface area contributed by atoms with Crippen LogP contribution in [0.4, 0.5) is 4.39 Å². The zero-order valence-electron chi connectivity index (χ0n) is 13.3. The van der Waals surface area contributed by atoms with Gasteiger partial charge in [0.1, 0.15) is 18.2 Å². The first-order valence-corrected chi connectivity index (χ1v) is 7.41. The van der Waals surface area contributed by atoms with Crippen molar-refractivity contribution in [3.63, 3.8) is 0 Å². The second kappa shape index (κ2) is 8.73. The second-order valence-electron chi connectivity index (χ2n) is 4.97. The summed E-state index contributed by atoms with van der Waals surface area (Å²) < 4.78 is 19.0. The molecule has 23 heavy (non-hydrogen) atoms. The Morgan fingerprint density at radius 2 is 2.17 bits per heavy atom. The predicted octanol–water partition coefficient (Wildman–Crippen LogP) is 2.27. The van der Waals surface area contributed by atoms with Crippen LogP contribution in [0.3, 0.4) is 0 Å². The van der Waals surface area contributed by atoms with E-state index in [9.17, 15) is 4.39 Å². The van der Waals surface area contributed by atoms with Gasteiger partial charge in [-0.15, -0.1) is 0 Å². The molecule has 122 valence electrons. The minimum Gasteiger partial charge on any atom is -0.490 e. The third-order valence-corrected chi connectivity index (χ3v) is 3.22. The molecule has 0 spiro atoms. The van der Waals surface area contributed by atoms with Crippen molar-refractivity contribution in [3.05, 3.63) is 59.7 Å². The molecule has 1 aromatic carbocycles. The largest absolute Gasteiger partial charge is 0.490 e. The smallest absolute Gasteiger partial charge is 0.191 e. The van der Waals surface area contributed by atoms with Gasteiger partial charge in [-0.05, 0) is 36.2 Å². The van der Waals surface area contributed by atoms with Gasteiger partial charge in [0.05, 0.1) is 12.7 Å². The molecule has 1 heterocycles. The number of hydrogen-bond acceptors (Lipinski definition) is 3. The SMILES string of the molecule is CN=C(NCCOc1cccnc1)NCc1ccc(C)c(F)c1. The van der Waals surface area contributed by atoms with E-state index in [1.807, 2.05) is 18.2 Å². The van der Waals surface area contributed by atoms with Gasteiger partial charge in [0.15, 0.2) is 5.96 Å². The van der Waals surface area contributed by atoms with Gasteiger partial charge in [0.25, 0.3) is 0 Å². The molecule has 2 N–H and O–H groups in total. The van der Waals surface area contributed by atoms with E-state index in [2.05, 4.69) is 20.6 Å². The summed E-state index contributed by atoms with van der Waals surface area (Å²) in [7, 11) is 1.69. The van der Waals surface area contributed by atoms with Crippen LogP contribution >= 0.6 is 0 Å². The van der Waals surface area contributed by atoms with Gasteiger partial charge in [-0.2, -0.15) is 0 Å². The summed E-state index contributed by atoms with van der Waals surface area (Å²) in [5.41, 5.74) is 1.51. The number of pyridine rings is 1. The van der Waals surface area contributed by atoms with E-state index in [1.165, 1.54) is 6.07 Å². The number of aryl methyl sites for hydroxylation is 1. The molecule has 2 aromatic rings. The number of hydrogen-bond donors (Lipinski definition) is 2. The predicted molar refractivity (Wildman–Crippen MR) is 89.1 cm³/mol. The number of nitrogens with one attached hydrogen (secondary N) is 2. The standard InChI is InChI=1S/C17H21FN4O/c1-13-5-6-14(10-16(13)18)11-22-17(19-2)21-8-9-23-15-4-3-7-20-12-15/h3-7,10,12H,8-9,11H2,1-2H3,(H2,19,21,22). The fraction of sp³-hybridized carbons (Fsp3) is 0.294. The van der Waals surface area contributed by atoms with E-state index in [-0.39, 0.29) is 5.82 Å². The Labute approximate surface area is 135 Å². The van der Waals surface area contributed by atoms with Crippen molar-refractivity contribution in [1.29, 1.82) is 0 Å². The van der Waals surface area contributed by atoms with E-state index >= 15 is 0 Å². The number of nitrogens with zero attached hydrogens (tertiary/aromatic N) is 2. The summed E-state index contributed by atoms with van der Waals surface area (Å²) in [6.07, 6.45) is 3.36. The first-order valence-electron chi connectivity index (χ1n) is 7.41. The zero-order valence-corrected chi connectivity index (χ0v) is 13.3. The van der Waals surface area contributed by atoms with Gasteiger partial charge in [0, 0.05) is 19.8 Å².